The highest BCUT2D eigenvalue weighted by molar-refractivity contribution is 6.17. The number of nitrogens with two attached hydrogens (primary N) is 1. The molecule has 0 unspecified atom stereocenters. The monoisotopic (exact) mass is 391 g/mol. The van der Waals surface area contributed by atoms with Crippen LogP contribution in [0, 0.1) is 6.07 Å². The van der Waals surface area contributed by atoms with Gasteiger partial charge in [0, 0.05) is 22.9 Å². The number of hydrogen-bond acceptors (Lipinski definition) is 1. The number of carbonyl (C=O) groups is 1. The van der Waals surface area contributed by atoms with Crippen LogP contribution in [0.3, 0.4) is 0 Å². The molecule has 0 bridgehead atoms. The van der Waals surface area contributed by atoms with E-state index >= 15 is 0 Å². The maximum absolute atomic E-state index is 12.2. The van der Waals surface area contributed by atoms with Gasteiger partial charge in [-0.05, 0) is 52.1 Å². The fraction of sp³-hybridized carbons (Fsp3) is 0.148. The Labute approximate surface area is 175 Å². The summed E-state index contributed by atoms with van der Waals surface area (Å²) >= 11 is 0. The summed E-state index contributed by atoms with van der Waals surface area (Å²) in [4.78, 5) is 12.2. The zero-order chi connectivity index (χ0) is 20.8. The van der Waals surface area contributed by atoms with E-state index in [0.717, 1.165) is 21.8 Å². The Morgan fingerprint density at radius 1 is 1.00 bits per heavy atom. The van der Waals surface area contributed by atoms with Crippen molar-refractivity contribution in [3.05, 3.63) is 95.6 Å². The third-order valence-corrected chi connectivity index (χ3v) is 5.96. The Morgan fingerprint density at radius 2 is 1.77 bits per heavy atom. The van der Waals surface area contributed by atoms with E-state index in [9.17, 15) is 4.79 Å². The molecule has 5 aromatic rings. The third-order valence-electron chi connectivity index (χ3n) is 5.96. The lowest BCUT2D eigenvalue weighted by atomic mass is 10.00. The first-order valence-electron chi connectivity index (χ1n) is 10.3. The molecule has 0 aliphatic heterocycles. The third kappa shape index (κ3) is 2.86. The first-order chi connectivity index (χ1) is 14.5. The van der Waals surface area contributed by atoms with Crippen LogP contribution in [0.4, 0.5) is 0 Å². The number of aromatic nitrogens is 1. The molecule has 4 aromatic carbocycles. The van der Waals surface area contributed by atoms with E-state index in [1.807, 2.05) is 12.1 Å². The molecule has 1 heterocycles. The lowest BCUT2D eigenvalue weighted by molar-refractivity contribution is 0.100. The molecule has 0 saturated heterocycles. The number of benzene rings is 4. The van der Waals surface area contributed by atoms with E-state index < -0.39 is 5.91 Å². The van der Waals surface area contributed by atoms with E-state index in [1.165, 1.54) is 21.9 Å². The molecule has 0 aliphatic carbocycles. The smallest absolute Gasteiger partial charge is 0.249 e. The van der Waals surface area contributed by atoms with E-state index in [0.29, 0.717) is 18.0 Å². The van der Waals surface area contributed by atoms with Crippen molar-refractivity contribution in [3.8, 4) is 0 Å². The fourth-order valence-corrected chi connectivity index (χ4v) is 4.38. The Bertz CT molecular complexity index is 1420. The van der Waals surface area contributed by atoms with E-state index in [2.05, 4.69) is 79.1 Å². The van der Waals surface area contributed by atoms with E-state index in [-0.39, 0.29) is 0 Å². The summed E-state index contributed by atoms with van der Waals surface area (Å²) in [6.45, 7) is 5.07. The molecule has 0 spiro atoms. The molecule has 3 heteroatoms. The molecule has 2 N–H and O–H groups in total. The van der Waals surface area contributed by atoms with Crippen LogP contribution < -0.4 is 5.73 Å². The number of hydrogen-bond donors (Lipinski definition) is 1. The normalized spacial score (nSPS) is 11.7. The molecule has 147 valence electrons. The number of primary amides is 1. The van der Waals surface area contributed by atoms with Gasteiger partial charge in [-0.2, -0.15) is 0 Å². The average Bonchev–Trinajstić information content (AvgIpc) is 3.07. The van der Waals surface area contributed by atoms with Crippen molar-refractivity contribution >= 4 is 38.5 Å². The van der Waals surface area contributed by atoms with Gasteiger partial charge in [0.05, 0.1) is 11.0 Å². The van der Waals surface area contributed by atoms with Crippen molar-refractivity contribution < 1.29 is 4.79 Å². The van der Waals surface area contributed by atoms with Gasteiger partial charge in [-0.3, -0.25) is 4.79 Å². The highest BCUT2D eigenvalue weighted by Crippen LogP contribution is 2.34. The summed E-state index contributed by atoms with van der Waals surface area (Å²) in [5.74, 6) is -0.0172. The molecule has 1 radical (unpaired) electrons. The highest BCUT2D eigenvalue weighted by atomic mass is 16.1. The largest absolute Gasteiger partial charge is 0.366 e. The Balaban J connectivity index is 1.84. The number of fused-ring (bicyclic) bond motifs is 4. The highest BCUT2D eigenvalue weighted by Gasteiger charge is 2.18. The topological polar surface area (TPSA) is 48.0 Å². The molecule has 1 aromatic heterocycles. The second-order valence-corrected chi connectivity index (χ2v) is 8.14. The van der Waals surface area contributed by atoms with Crippen LogP contribution in [0.2, 0.25) is 0 Å². The molecular weight excluding hydrogens is 368 g/mol. The van der Waals surface area contributed by atoms with Gasteiger partial charge in [0.15, 0.2) is 0 Å². The van der Waals surface area contributed by atoms with Crippen molar-refractivity contribution in [1.29, 1.82) is 0 Å². The summed E-state index contributed by atoms with van der Waals surface area (Å²) in [6, 6.07) is 28.4. The minimum atomic E-state index is -0.411. The van der Waals surface area contributed by atoms with Crippen LogP contribution in [0.15, 0.2) is 72.8 Å². The van der Waals surface area contributed by atoms with Crippen LogP contribution in [-0.4, -0.2) is 10.5 Å². The van der Waals surface area contributed by atoms with Crippen molar-refractivity contribution in [3.63, 3.8) is 0 Å². The zero-order valence-electron chi connectivity index (χ0n) is 17.1. The van der Waals surface area contributed by atoms with Crippen LogP contribution in [0.5, 0.6) is 0 Å². The molecule has 0 atom stereocenters. The lowest BCUT2D eigenvalue weighted by Crippen LogP contribution is -2.11. The Morgan fingerprint density at radius 3 is 2.57 bits per heavy atom. The average molecular weight is 391 g/mol. The SMILES string of the molecule is CC(C)c1c[c]c2c3c(C(N)=O)cccc3n(Cc3cccc4ccccc34)c2c1. The minimum absolute atomic E-state index is 0.394. The van der Waals surface area contributed by atoms with Gasteiger partial charge in [-0.15, -0.1) is 0 Å². The summed E-state index contributed by atoms with van der Waals surface area (Å²) in [5, 5.41) is 4.30. The van der Waals surface area contributed by atoms with Gasteiger partial charge in [-0.25, -0.2) is 0 Å². The van der Waals surface area contributed by atoms with Crippen molar-refractivity contribution in [2.45, 2.75) is 26.3 Å². The first kappa shape index (κ1) is 18.4. The number of carbonyl (C=O) groups excluding carboxylic acids is 1. The number of amides is 1. The van der Waals surface area contributed by atoms with Crippen LogP contribution >= 0.6 is 0 Å². The van der Waals surface area contributed by atoms with Crippen molar-refractivity contribution in [2.75, 3.05) is 0 Å². The lowest BCUT2D eigenvalue weighted by Gasteiger charge is -2.12. The van der Waals surface area contributed by atoms with Gasteiger partial charge >= 0.3 is 0 Å². The maximum atomic E-state index is 12.2. The predicted octanol–water partition coefficient (Wildman–Crippen LogP) is 6.02. The molecule has 1 amide bonds. The number of nitrogens with zero attached hydrogens (tertiary/aromatic N) is 1. The van der Waals surface area contributed by atoms with E-state index in [1.54, 1.807) is 6.07 Å². The summed E-state index contributed by atoms with van der Waals surface area (Å²) < 4.78 is 2.29. The second-order valence-electron chi connectivity index (χ2n) is 8.14. The quantitative estimate of drug-likeness (QED) is 0.400. The zero-order valence-corrected chi connectivity index (χ0v) is 17.1. The first-order valence-corrected chi connectivity index (χ1v) is 10.3. The Hall–Kier alpha value is -3.59. The van der Waals surface area contributed by atoms with Crippen LogP contribution in [0.25, 0.3) is 32.6 Å². The second kappa shape index (κ2) is 7.03. The van der Waals surface area contributed by atoms with Gasteiger partial charge in [-0.1, -0.05) is 68.4 Å². The van der Waals surface area contributed by atoms with Gasteiger partial charge < -0.3 is 10.3 Å². The molecule has 0 saturated carbocycles. The predicted molar refractivity (Wildman–Crippen MR) is 124 cm³/mol. The maximum Gasteiger partial charge on any atom is 0.249 e. The van der Waals surface area contributed by atoms with Crippen molar-refractivity contribution in [2.24, 2.45) is 5.73 Å². The molecule has 0 fully saturated rings. The Kier molecular flexibility index (Phi) is 4.32. The van der Waals surface area contributed by atoms with Gasteiger partial charge in [0.1, 0.15) is 0 Å². The summed E-state index contributed by atoms with van der Waals surface area (Å²) in [7, 11) is 0. The molecule has 5 rings (SSSR count). The van der Waals surface area contributed by atoms with Gasteiger partial charge in [0.2, 0.25) is 5.91 Å². The molecule has 3 nitrogen and oxygen atoms in total. The van der Waals surface area contributed by atoms with Crippen molar-refractivity contribution in [1.82, 2.24) is 4.57 Å². The number of rotatable bonds is 4. The van der Waals surface area contributed by atoms with Crippen LogP contribution in [-0.2, 0) is 6.54 Å². The molecule has 30 heavy (non-hydrogen) atoms. The molecule has 0 aliphatic rings. The minimum Gasteiger partial charge on any atom is -0.366 e. The van der Waals surface area contributed by atoms with E-state index in [4.69, 9.17) is 5.73 Å². The summed E-state index contributed by atoms with van der Waals surface area (Å²) in [5.41, 5.74) is 10.8. The molecular formula is C27H23N2O. The standard InChI is InChI=1S/C27H23N2O/c1-17(2)19-13-14-22-25(15-19)29(24-12-6-11-23(26(22)24)27(28)30)16-20-9-5-8-18-7-3-4-10-21(18)20/h3-13,15,17H,16H2,1-2H3,(H2,28,30). The van der Waals surface area contributed by atoms with Gasteiger partial charge in [0.25, 0.3) is 0 Å². The fourth-order valence-electron chi connectivity index (χ4n) is 4.38. The summed E-state index contributed by atoms with van der Waals surface area (Å²) in [6.07, 6.45) is 0. The van der Waals surface area contributed by atoms with Crippen LogP contribution in [0.1, 0.15) is 41.3 Å².